The zero-order chi connectivity index (χ0) is 21.0. The molecule has 0 unspecified atom stereocenters. The molecule has 0 radical (unpaired) electrons. The molecule has 0 saturated heterocycles. The molecule has 0 saturated carbocycles. The smallest absolute Gasteiger partial charge is 0.238 e. The van der Waals surface area contributed by atoms with Crippen molar-refractivity contribution in [3.8, 4) is 11.1 Å². The van der Waals surface area contributed by atoms with Gasteiger partial charge in [-0.25, -0.2) is 13.6 Å². The standard InChI is InChI=1S/C24H23N3O2S/c25-30(28,29)24-8-4-7-21-22(24)13-16-27-23(21)14-15-26-17-18-9-11-20(12-10-18)19-5-2-1-3-6-19/h1-13,16,26H,14-15,17H2,(H2,25,28,29). The van der Waals surface area contributed by atoms with Crippen molar-refractivity contribution in [2.24, 2.45) is 5.14 Å². The molecule has 6 heteroatoms. The minimum absolute atomic E-state index is 0.134. The molecule has 3 aromatic carbocycles. The molecule has 0 fully saturated rings. The van der Waals surface area contributed by atoms with Gasteiger partial charge in [0.1, 0.15) is 0 Å². The minimum Gasteiger partial charge on any atom is -0.312 e. The molecule has 1 aromatic heterocycles. The van der Waals surface area contributed by atoms with Crippen molar-refractivity contribution in [3.05, 3.63) is 96.3 Å². The summed E-state index contributed by atoms with van der Waals surface area (Å²) in [6, 6.07) is 25.6. The monoisotopic (exact) mass is 417 g/mol. The van der Waals surface area contributed by atoms with Gasteiger partial charge in [0.25, 0.3) is 0 Å². The van der Waals surface area contributed by atoms with E-state index in [1.54, 1.807) is 18.3 Å². The number of pyridine rings is 1. The first-order valence-electron chi connectivity index (χ1n) is 9.77. The van der Waals surface area contributed by atoms with Gasteiger partial charge in [-0.1, -0.05) is 66.7 Å². The van der Waals surface area contributed by atoms with Crippen LogP contribution in [0.2, 0.25) is 0 Å². The van der Waals surface area contributed by atoms with Crippen LogP contribution in [0, 0.1) is 0 Å². The Labute approximate surface area is 176 Å². The van der Waals surface area contributed by atoms with Gasteiger partial charge in [0.15, 0.2) is 0 Å². The molecule has 0 aliphatic heterocycles. The highest BCUT2D eigenvalue weighted by molar-refractivity contribution is 7.89. The second kappa shape index (κ2) is 8.75. The van der Waals surface area contributed by atoms with E-state index in [4.69, 9.17) is 5.14 Å². The molecule has 0 aliphatic carbocycles. The topological polar surface area (TPSA) is 85.1 Å². The Hall–Kier alpha value is -3.06. The second-order valence-electron chi connectivity index (χ2n) is 7.14. The Kier molecular flexibility index (Phi) is 5.90. The van der Waals surface area contributed by atoms with E-state index < -0.39 is 10.0 Å². The van der Waals surface area contributed by atoms with Gasteiger partial charge < -0.3 is 5.32 Å². The summed E-state index contributed by atoms with van der Waals surface area (Å²) in [4.78, 5) is 4.58. The lowest BCUT2D eigenvalue weighted by molar-refractivity contribution is 0.598. The number of rotatable bonds is 7. The lowest BCUT2D eigenvalue weighted by atomic mass is 10.0. The second-order valence-corrected chi connectivity index (χ2v) is 8.67. The molecule has 0 bridgehead atoms. The van der Waals surface area contributed by atoms with Gasteiger partial charge in [-0.3, -0.25) is 4.98 Å². The number of benzene rings is 3. The number of fused-ring (bicyclic) bond motifs is 1. The fourth-order valence-corrected chi connectivity index (χ4v) is 4.32. The van der Waals surface area contributed by atoms with E-state index in [9.17, 15) is 8.42 Å². The van der Waals surface area contributed by atoms with Gasteiger partial charge in [-0.15, -0.1) is 0 Å². The number of sulfonamides is 1. The number of nitrogens with two attached hydrogens (primary N) is 1. The van der Waals surface area contributed by atoms with Crippen molar-refractivity contribution >= 4 is 20.8 Å². The quantitative estimate of drug-likeness (QED) is 0.447. The van der Waals surface area contributed by atoms with Crippen molar-refractivity contribution in [1.82, 2.24) is 10.3 Å². The summed E-state index contributed by atoms with van der Waals surface area (Å²) in [6.07, 6.45) is 2.32. The third kappa shape index (κ3) is 4.57. The zero-order valence-electron chi connectivity index (χ0n) is 16.5. The maximum absolute atomic E-state index is 11.8. The van der Waals surface area contributed by atoms with E-state index >= 15 is 0 Å². The molecular weight excluding hydrogens is 394 g/mol. The maximum Gasteiger partial charge on any atom is 0.238 e. The number of hydrogen-bond acceptors (Lipinski definition) is 4. The highest BCUT2D eigenvalue weighted by Gasteiger charge is 2.13. The predicted molar refractivity (Wildman–Crippen MR) is 120 cm³/mol. The fourth-order valence-electron chi connectivity index (χ4n) is 3.57. The summed E-state index contributed by atoms with van der Waals surface area (Å²) >= 11 is 0. The number of nitrogens with one attached hydrogen (secondary N) is 1. The lowest BCUT2D eigenvalue weighted by Crippen LogP contribution is -2.17. The van der Waals surface area contributed by atoms with Crippen LogP contribution < -0.4 is 10.5 Å². The van der Waals surface area contributed by atoms with E-state index in [2.05, 4.69) is 46.7 Å². The van der Waals surface area contributed by atoms with Crippen molar-refractivity contribution < 1.29 is 8.42 Å². The normalized spacial score (nSPS) is 11.6. The van der Waals surface area contributed by atoms with Crippen molar-refractivity contribution in [1.29, 1.82) is 0 Å². The molecule has 0 amide bonds. The summed E-state index contributed by atoms with van der Waals surface area (Å²) < 4.78 is 23.7. The van der Waals surface area contributed by atoms with Crippen LogP contribution >= 0.6 is 0 Å². The van der Waals surface area contributed by atoms with Crippen LogP contribution in [0.1, 0.15) is 11.3 Å². The molecule has 152 valence electrons. The molecular formula is C24H23N3O2S. The van der Waals surface area contributed by atoms with Crippen molar-refractivity contribution in [2.45, 2.75) is 17.9 Å². The van der Waals surface area contributed by atoms with Gasteiger partial charge in [0, 0.05) is 42.2 Å². The largest absolute Gasteiger partial charge is 0.312 e. The predicted octanol–water partition coefficient (Wildman–Crippen LogP) is 3.88. The SMILES string of the molecule is NS(=O)(=O)c1cccc2c(CCNCc3ccc(-c4ccccc4)cc3)nccc12. The molecule has 0 aliphatic rings. The Morgan fingerprint density at radius 1 is 0.800 bits per heavy atom. The number of hydrogen-bond donors (Lipinski definition) is 2. The van der Waals surface area contributed by atoms with E-state index in [1.807, 2.05) is 24.3 Å². The van der Waals surface area contributed by atoms with Crippen molar-refractivity contribution in [2.75, 3.05) is 6.54 Å². The first-order chi connectivity index (χ1) is 14.5. The number of primary sulfonamides is 1. The van der Waals surface area contributed by atoms with Crippen LogP contribution in [0.3, 0.4) is 0 Å². The molecule has 30 heavy (non-hydrogen) atoms. The van der Waals surface area contributed by atoms with Gasteiger partial charge in [-0.2, -0.15) is 0 Å². The Balaban J connectivity index is 1.40. The third-order valence-electron chi connectivity index (χ3n) is 5.08. The van der Waals surface area contributed by atoms with E-state index in [-0.39, 0.29) is 4.90 Å². The van der Waals surface area contributed by atoms with Crippen LogP contribution in [0.5, 0.6) is 0 Å². The van der Waals surface area contributed by atoms with Gasteiger partial charge >= 0.3 is 0 Å². The Bertz CT molecular complexity index is 1250. The number of nitrogens with zero attached hydrogens (tertiary/aromatic N) is 1. The van der Waals surface area contributed by atoms with Crippen LogP contribution in [-0.4, -0.2) is 19.9 Å². The molecule has 0 spiro atoms. The maximum atomic E-state index is 11.8. The van der Waals surface area contributed by atoms with Crippen LogP contribution in [0.15, 0.2) is 90.0 Å². The summed E-state index contributed by atoms with van der Waals surface area (Å²) in [7, 11) is -3.77. The number of aromatic nitrogens is 1. The Morgan fingerprint density at radius 3 is 2.27 bits per heavy atom. The first kappa shape index (κ1) is 20.2. The van der Waals surface area contributed by atoms with Gasteiger partial charge in [0.05, 0.1) is 4.90 Å². The average molecular weight is 418 g/mol. The van der Waals surface area contributed by atoms with Crippen molar-refractivity contribution in [3.63, 3.8) is 0 Å². The molecule has 3 N–H and O–H groups in total. The van der Waals surface area contributed by atoms with Gasteiger partial charge in [0.2, 0.25) is 10.0 Å². The first-order valence-corrected chi connectivity index (χ1v) is 11.3. The average Bonchev–Trinajstić information content (AvgIpc) is 2.77. The fraction of sp³-hybridized carbons (Fsp3) is 0.125. The highest BCUT2D eigenvalue weighted by Crippen LogP contribution is 2.24. The van der Waals surface area contributed by atoms with Gasteiger partial charge in [-0.05, 0) is 28.8 Å². The molecule has 5 nitrogen and oxygen atoms in total. The molecule has 4 aromatic rings. The van der Waals surface area contributed by atoms with Crippen LogP contribution in [0.25, 0.3) is 21.9 Å². The van der Waals surface area contributed by atoms with E-state index in [1.165, 1.54) is 22.8 Å². The Morgan fingerprint density at radius 2 is 1.53 bits per heavy atom. The highest BCUT2D eigenvalue weighted by atomic mass is 32.2. The zero-order valence-corrected chi connectivity index (χ0v) is 17.3. The summed E-state index contributed by atoms with van der Waals surface area (Å²) in [5.74, 6) is 0. The lowest BCUT2D eigenvalue weighted by Gasteiger charge is -2.10. The molecule has 0 atom stereocenters. The molecule has 4 rings (SSSR count). The third-order valence-corrected chi connectivity index (χ3v) is 6.05. The van der Waals surface area contributed by atoms with Crippen LogP contribution in [0.4, 0.5) is 0 Å². The minimum atomic E-state index is -3.77. The van der Waals surface area contributed by atoms with E-state index in [0.717, 1.165) is 24.2 Å². The summed E-state index contributed by atoms with van der Waals surface area (Å²) in [6.45, 7) is 1.48. The van der Waals surface area contributed by atoms with E-state index in [0.29, 0.717) is 11.8 Å². The van der Waals surface area contributed by atoms with Crippen LogP contribution in [-0.2, 0) is 23.0 Å². The summed E-state index contributed by atoms with van der Waals surface area (Å²) in [5, 5.41) is 10.2. The summed E-state index contributed by atoms with van der Waals surface area (Å²) in [5.41, 5.74) is 4.46. The molecule has 1 heterocycles.